The highest BCUT2D eigenvalue weighted by molar-refractivity contribution is 6.31. The van der Waals surface area contributed by atoms with E-state index in [2.05, 4.69) is 15.3 Å². The Hall–Kier alpha value is -3.90. The monoisotopic (exact) mass is 443 g/mol. The number of rotatable bonds is 4. The zero-order valence-electron chi connectivity index (χ0n) is 17.3. The second-order valence-corrected chi connectivity index (χ2v) is 7.86. The minimum absolute atomic E-state index is 0.201. The fourth-order valence-corrected chi connectivity index (χ4v) is 3.51. The van der Waals surface area contributed by atoms with Crippen molar-refractivity contribution < 1.29 is 13.6 Å². The molecular weight excluding hydrogens is 426 g/mol. The Kier molecular flexibility index (Phi) is 4.99. The van der Waals surface area contributed by atoms with E-state index in [4.69, 9.17) is 20.4 Å². The van der Waals surface area contributed by atoms with Gasteiger partial charge in [0.05, 0.1) is 0 Å². The molecule has 0 fully saturated rings. The molecule has 0 unspecified atom stereocenters. The molecule has 7 heteroatoms. The standard InChI is InChI=1S/C25H18ClN3O3/c1-14-5-7-16(12-18(14)26)20-9-10-22(31-20)24(30)28-19-13-17(8-6-15(19)2)25-29-23-21(32-25)4-3-11-27-23/h3-13H,1-2H3,(H,28,30). The molecule has 0 saturated carbocycles. The first-order valence-electron chi connectivity index (χ1n) is 9.98. The number of hydrogen-bond acceptors (Lipinski definition) is 5. The Labute approximate surface area is 188 Å². The third-order valence-corrected chi connectivity index (χ3v) is 5.59. The molecule has 0 aliphatic heterocycles. The lowest BCUT2D eigenvalue weighted by Gasteiger charge is -2.08. The Balaban J connectivity index is 1.40. The molecule has 5 aromatic rings. The van der Waals surface area contributed by atoms with E-state index in [1.807, 2.05) is 56.3 Å². The average Bonchev–Trinajstić information content (AvgIpc) is 3.44. The summed E-state index contributed by atoms with van der Waals surface area (Å²) in [5, 5.41) is 3.56. The number of amides is 1. The number of nitrogens with zero attached hydrogens (tertiary/aromatic N) is 2. The van der Waals surface area contributed by atoms with Crippen molar-refractivity contribution >= 4 is 34.4 Å². The van der Waals surface area contributed by atoms with Crippen LogP contribution in [0.2, 0.25) is 5.02 Å². The summed E-state index contributed by atoms with van der Waals surface area (Å²) >= 11 is 6.21. The number of aryl methyl sites for hydroxylation is 2. The molecule has 0 bridgehead atoms. The molecule has 32 heavy (non-hydrogen) atoms. The Bertz CT molecular complexity index is 1440. The maximum absolute atomic E-state index is 12.8. The molecule has 2 aromatic carbocycles. The van der Waals surface area contributed by atoms with Crippen LogP contribution in [0.15, 0.2) is 75.7 Å². The van der Waals surface area contributed by atoms with E-state index in [1.54, 1.807) is 24.4 Å². The summed E-state index contributed by atoms with van der Waals surface area (Å²) in [6, 6.07) is 18.2. The maximum atomic E-state index is 12.8. The van der Waals surface area contributed by atoms with Crippen molar-refractivity contribution in [3.05, 3.63) is 88.8 Å². The van der Waals surface area contributed by atoms with Crippen LogP contribution in [0.3, 0.4) is 0 Å². The number of benzene rings is 2. The van der Waals surface area contributed by atoms with Crippen molar-refractivity contribution in [3.63, 3.8) is 0 Å². The van der Waals surface area contributed by atoms with E-state index in [9.17, 15) is 4.79 Å². The van der Waals surface area contributed by atoms with Gasteiger partial charge in [0.1, 0.15) is 5.76 Å². The maximum Gasteiger partial charge on any atom is 0.291 e. The highest BCUT2D eigenvalue weighted by Crippen LogP contribution is 2.29. The van der Waals surface area contributed by atoms with Crippen LogP contribution in [0.1, 0.15) is 21.7 Å². The van der Waals surface area contributed by atoms with Crippen LogP contribution in [0, 0.1) is 13.8 Å². The van der Waals surface area contributed by atoms with E-state index in [0.717, 1.165) is 22.3 Å². The first kappa shape index (κ1) is 20.0. The second kappa shape index (κ2) is 7.98. The summed E-state index contributed by atoms with van der Waals surface area (Å²) in [5.74, 6) is 0.855. The van der Waals surface area contributed by atoms with Crippen molar-refractivity contribution in [2.75, 3.05) is 5.32 Å². The SMILES string of the molecule is Cc1ccc(-c2ccc(C(=O)Nc3cc(-c4nc5ncccc5o4)ccc3C)o2)cc1Cl. The Morgan fingerprint density at radius 3 is 2.56 bits per heavy atom. The molecule has 158 valence electrons. The summed E-state index contributed by atoms with van der Waals surface area (Å²) < 4.78 is 11.6. The molecule has 1 amide bonds. The summed E-state index contributed by atoms with van der Waals surface area (Å²) in [6.07, 6.45) is 1.66. The molecule has 6 nitrogen and oxygen atoms in total. The third kappa shape index (κ3) is 3.76. The fraction of sp³-hybridized carbons (Fsp3) is 0.0800. The minimum atomic E-state index is -0.353. The first-order chi connectivity index (χ1) is 15.5. The third-order valence-electron chi connectivity index (χ3n) is 5.18. The molecule has 0 saturated heterocycles. The predicted octanol–water partition coefficient (Wildman–Crippen LogP) is 6.67. The summed E-state index contributed by atoms with van der Waals surface area (Å²) in [4.78, 5) is 21.5. The minimum Gasteiger partial charge on any atom is -0.451 e. The van der Waals surface area contributed by atoms with Crippen LogP contribution < -0.4 is 5.32 Å². The van der Waals surface area contributed by atoms with E-state index < -0.39 is 0 Å². The van der Waals surface area contributed by atoms with Crippen LogP contribution >= 0.6 is 11.6 Å². The predicted molar refractivity (Wildman–Crippen MR) is 124 cm³/mol. The Morgan fingerprint density at radius 2 is 1.75 bits per heavy atom. The largest absolute Gasteiger partial charge is 0.451 e. The van der Waals surface area contributed by atoms with E-state index in [-0.39, 0.29) is 11.7 Å². The van der Waals surface area contributed by atoms with Gasteiger partial charge in [-0.3, -0.25) is 4.79 Å². The van der Waals surface area contributed by atoms with E-state index in [1.165, 1.54) is 0 Å². The highest BCUT2D eigenvalue weighted by Gasteiger charge is 2.16. The van der Waals surface area contributed by atoms with Crippen LogP contribution in [0.5, 0.6) is 0 Å². The molecule has 0 atom stereocenters. The number of pyridine rings is 1. The second-order valence-electron chi connectivity index (χ2n) is 7.46. The summed E-state index contributed by atoms with van der Waals surface area (Å²) in [5.41, 5.74) is 5.19. The van der Waals surface area contributed by atoms with Gasteiger partial charge in [-0.25, -0.2) is 4.98 Å². The smallest absolute Gasteiger partial charge is 0.291 e. The number of halogens is 1. The zero-order valence-corrected chi connectivity index (χ0v) is 18.1. The van der Waals surface area contributed by atoms with Crippen LogP contribution in [-0.4, -0.2) is 15.9 Å². The van der Waals surface area contributed by atoms with E-state index >= 15 is 0 Å². The van der Waals surface area contributed by atoms with Crippen LogP contribution in [0.25, 0.3) is 34.0 Å². The number of fused-ring (bicyclic) bond motifs is 1. The quantitative estimate of drug-likeness (QED) is 0.335. The van der Waals surface area contributed by atoms with Gasteiger partial charge in [-0.05, 0) is 67.4 Å². The number of nitrogens with one attached hydrogen (secondary N) is 1. The van der Waals surface area contributed by atoms with Crippen LogP contribution in [-0.2, 0) is 0 Å². The van der Waals surface area contributed by atoms with Gasteiger partial charge >= 0.3 is 0 Å². The average molecular weight is 444 g/mol. The van der Waals surface area contributed by atoms with Crippen molar-refractivity contribution in [2.45, 2.75) is 13.8 Å². The fourth-order valence-electron chi connectivity index (χ4n) is 3.33. The van der Waals surface area contributed by atoms with Crippen molar-refractivity contribution in [2.24, 2.45) is 0 Å². The molecule has 5 rings (SSSR count). The van der Waals surface area contributed by atoms with Gasteiger partial charge in [0, 0.05) is 28.0 Å². The number of carbonyl (C=O) groups is 1. The normalized spacial score (nSPS) is 11.1. The lowest BCUT2D eigenvalue weighted by atomic mass is 10.1. The first-order valence-corrected chi connectivity index (χ1v) is 10.4. The molecule has 0 aliphatic carbocycles. The van der Waals surface area contributed by atoms with Crippen molar-refractivity contribution in [3.8, 4) is 22.8 Å². The number of oxazole rings is 1. The molecule has 0 radical (unpaired) electrons. The van der Waals surface area contributed by atoms with Gasteiger partial charge in [0.2, 0.25) is 5.89 Å². The van der Waals surface area contributed by atoms with Crippen molar-refractivity contribution in [1.82, 2.24) is 9.97 Å². The topological polar surface area (TPSA) is 81.2 Å². The van der Waals surface area contributed by atoms with Gasteiger partial charge in [0.15, 0.2) is 17.0 Å². The molecule has 3 heterocycles. The lowest BCUT2D eigenvalue weighted by molar-refractivity contribution is 0.0997. The summed E-state index contributed by atoms with van der Waals surface area (Å²) in [6.45, 7) is 3.84. The number of hydrogen-bond donors (Lipinski definition) is 1. The zero-order chi connectivity index (χ0) is 22.2. The molecule has 1 N–H and O–H groups in total. The molecule has 0 spiro atoms. The van der Waals surface area contributed by atoms with Crippen LogP contribution in [0.4, 0.5) is 5.69 Å². The van der Waals surface area contributed by atoms with Gasteiger partial charge in [-0.1, -0.05) is 29.8 Å². The van der Waals surface area contributed by atoms with Gasteiger partial charge in [0.25, 0.3) is 5.91 Å². The molecule has 0 aliphatic rings. The van der Waals surface area contributed by atoms with E-state index in [0.29, 0.717) is 33.6 Å². The van der Waals surface area contributed by atoms with Gasteiger partial charge < -0.3 is 14.2 Å². The number of anilines is 1. The van der Waals surface area contributed by atoms with Gasteiger partial charge in [-0.15, -0.1) is 0 Å². The van der Waals surface area contributed by atoms with Crippen molar-refractivity contribution in [1.29, 1.82) is 0 Å². The highest BCUT2D eigenvalue weighted by atomic mass is 35.5. The Morgan fingerprint density at radius 1 is 0.938 bits per heavy atom. The number of aromatic nitrogens is 2. The van der Waals surface area contributed by atoms with Gasteiger partial charge in [-0.2, -0.15) is 4.98 Å². The number of carbonyl (C=O) groups excluding carboxylic acids is 1. The lowest BCUT2D eigenvalue weighted by Crippen LogP contribution is -2.11. The number of furan rings is 1. The molecule has 3 aromatic heterocycles. The molecular formula is C25H18ClN3O3. The summed E-state index contributed by atoms with van der Waals surface area (Å²) in [7, 11) is 0.